The Labute approximate surface area is 87.8 Å². The van der Waals surface area contributed by atoms with Gasteiger partial charge in [-0.3, -0.25) is 4.90 Å². The SMILES string of the molecule is COCCN1CC(C)NCC(C)(C)C1. The Morgan fingerprint density at radius 1 is 1.50 bits per heavy atom. The molecule has 1 rings (SSSR count). The van der Waals surface area contributed by atoms with Gasteiger partial charge in [0.05, 0.1) is 6.61 Å². The minimum absolute atomic E-state index is 0.374. The van der Waals surface area contributed by atoms with Gasteiger partial charge in [-0.15, -0.1) is 0 Å². The first-order chi connectivity index (χ1) is 6.53. The molecule has 0 aromatic carbocycles. The minimum atomic E-state index is 0.374. The summed E-state index contributed by atoms with van der Waals surface area (Å²) >= 11 is 0. The lowest BCUT2D eigenvalue weighted by Crippen LogP contribution is -2.37. The van der Waals surface area contributed by atoms with Gasteiger partial charge >= 0.3 is 0 Å². The van der Waals surface area contributed by atoms with Crippen LogP contribution >= 0.6 is 0 Å². The second-order valence-corrected chi connectivity index (χ2v) is 5.17. The molecule has 3 nitrogen and oxygen atoms in total. The zero-order valence-corrected chi connectivity index (χ0v) is 9.97. The Balaban J connectivity index is 2.46. The molecular weight excluding hydrogens is 176 g/mol. The second-order valence-electron chi connectivity index (χ2n) is 5.17. The first-order valence-corrected chi connectivity index (χ1v) is 5.48. The van der Waals surface area contributed by atoms with Crippen molar-refractivity contribution >= 4 is 0 Å². The van der Waals surface area contributed by atoms with E-state index in [-0.39, 0.29) is 0 Å². The number of hydrogen-bond donors (Lipinski definition) is 1. The van der Waals surface area contributed by atoms with E-state index in [1.54, 1.807) is 7.11 Å². The molecular formula is C11H24N2O. The molecule has 14 heavy (non-hydrogen) atoms. The van der Waals surface area contributed by atoms with Gasteiger partial charge in [0.1, 0.15) is 0 Å². The van der Waals surface area contributed by atoms with Gasteiger partial charge in [-0.2, -0.15) is 0 Å². The van der Waals surface area contributed by atoms with Crippen molar-refractivity contribution in [2.45, 2.75) is 26.8 Å². The van der Waals surface area contributed by atoms with Gasteiger partial charge in [0.2, 0.25) is 0 Å². The van der Waals surface area contributed by atoms with Crippen molar-refractivity contribution in [2.75, 3.05) is 39.9 Å². The van der Waals surface area contributed by atoms with Crippen LogP contribution in [0.3, 0.4) is 0 Å². The summed E-state index contributed by atoms with van der Waals surface area (Å²) in [5.41, 5.74) is 0.374. The second kappa shape index (κ2) is 5.10. The van der Waals surface area contributed by atoms with Crippen LogP contribution in [-0.2, 0) is 4.74 Å². The van der Waals surface area contributed by atoms with E-state index in [0.717, 1.165) is 32.8 Å². The average Bonchev–Trinajstić information content (AvgIpc) is 2.22. The third-order valence-corrected chi connectivity index (χ3v) is 2.72. The summed E-state index contributed by atoms with van der Waals surface area (Å²) in [6, 6.07) is 0.591. The van der Waals surface area contributed by atoms with Crippen LogP contribution < -0.4 is 5.32 Å². The Hall–Kier alpha value is -0.120. The maximum atomic E-state index is 5.13. The number of rotatable bonds is 3. The maximum absolute atomic E-state index is 5.13. The number of nitrogens with zero attached hydrogens (tertiary/aromatic N) is 1. The number of hydrogen-bond acceptors (Lipinski definition) is 3. The largest absolute Gasteiger partial charge is 0.383 e. The third kappa shape index (κ3) is 3.95. The van der Waals surface area contributed by atoms with Crippen molar-refractivity contribution in [3.05, 3.63) is 0 Å². The third-order valence-electron chi connectivity index (χ3n) is 2.72. The molecule has 84 valence electrons. The lowest BCUT2D eigenvalue weighted by atomic mass is 9.93. The minimum Gasteiger partial charge on any atom is -0.383 e. The molecule has 1 N–H and O–H groups in total. The molecule has 1 heterocycles. The van der Waals surface area contributed by atoms with Gasteiger partial charge in [-0.25, -0.2) is 0 Å². The summed E-state index contributed by atoms with van der Waals surface area (Å²) in [6.07, 6.45) is 0. The standard InChI is InChI=1S/C11H24N2O/c1-10-7-13(5-6-14-4)9-11(2,3)8-12-10/h10,12H,5-9H2,1-4H3. The van der Waals surface area contributed by atoms with E-state index in [1.165, 1.54) is 0 Å². The van der Waals surface area contributed by atoms with Crippen LogP contribution in [0, 0.1) is 5.41 Å². The van der Waals surface area contributed by atoms with Gasteiger partial charge in [-0.05, 0) is 12.3 Å². The maximum Gasteiger partial charge on any atom is 0.0589 e. The van der Waals surface area contributed by atoms with E-state index in [4.69, 9.17) is 4.74 Å². The fraction of sp³-hybridized carbons (Fsp3) is 1.00. The summed E-state index contributed by atoms with van der Waals surface area (Å²) < 4.78 is 5.13. The van der Waals surface area contributed by atoms with Gasteiger partial charge in [0.25, 0.3) is 0 Å². The average molecular weight is 200 g/mol. The fourth-order valence-electron chi connectivity index (χ4n) is 2.02. The first kappa shape index (κ1) is 12.0. The van der Waals surface area contributed by atoms with E-state index in [1.807, 2.05) is 0 Å². The van der Waals surface area contributed by atoms with Gasteiger partial charge in [0, 0.05) is 39.3 Å². The smallest absolute Gasteiger partial charge is 0.0589 e. The van der Waals surface area contributed by atoms with Crippen LogP contribution in [0.4, 0.5) is 0 Å². The van der Waals surface area contributed by atoms with E-state index >= 15 is 0 Å². The van der Waals surface area contributed by atoms with Crippen LogP contribution in [0.15, 0.2) is 0 Å². The Morgan fingerprint density at radius 3 is 2.86 bits per heavy atom. The van der Waals surface area contributed by atoms with Crippen LogP contribution in [-0.4, -0.2) is 50.8 Å². The summed E-state index contributed by atoms with van der Waals surface area (Å²) in [6.45, 7) is 12.2. The molecule has 0 aliphatic carbocycles. The molecule has 0 aromatic heterocycles. The van der Waals surface area contributed by atoms with Crippen LogP contribution in [0.2, 0.25) is 0 Å². The van der Waals surface area contributed by atoms with Crippen molar-refractivity contribution in [1.29, 1.82) is 0 Å². The van der Waals surface area contributed by atoms with Crippen LogP contribution in [0.5, 0.6) is 0 Å². The molecule has 1 unspecified atom stereocenters. The summed E-state index contributed by atoms with van der Waals surface area (Å²) in [4.78, 5) is 2.49. The number of nitrogens with one attached hydrogen (secondary N) is 1. The van der Waals surface area contributed by atoms with Gasteiger partial charge < -0.3 is 10.1 Å². The van der Waals surface area contributed by atoms with Crippen LogP contribution in [0.25, 0.3) is 0 Å². The van der Waals surface area contributed by atoms with E-state index in [0.29, 0.717) is 11.5 Å². The molecule has 1 fully saturated rings. The topological polar surface area (TPSA) is 24.5 Å². The Bertz CT molecular complexity index is 171. The lowest BCUT2D eigenvalue weighted by Gasteiger charge is -2.28. The number of methoxy groups -OCH3 is 1. The predicted octanol–water partition coefficient (Wildman–Crippen LogP) is 0.953. The van der Waals surface area contributed by atoms with E-state index in [9.17, 15) is 0 Å². The molecule has 0 radical (unpaired) electrons. The van der Waals surface area contributed by atoms with Crippen molar-refractivity contribution < 1.29 is 4.74 Å². The molecule has 0 spiro atoms. The van der Waals surface area contributed by atoms with Gasteiger partial charge in [0.15, 0.2) is 0 Å². The van der Waals surface area contributed by atoms with Crippen molar-refractivity contribution in [3.63, 3.8) is 0 Å². The Kier molecular flexibility index (Phi) is 4.35. The highest BCUT2D eigenvalue weighted by Crippen LogP contribution is 2.18. The highest BCUT2D eigenvalue weighted by Gasteiger charge is 2.26. The zero-order valence-electron chi connectivity index (χ0n) is 9.97. The molecule has 1 aliphatic rings. The summed E-state index contributed by atoms with van der Waals surface area (Å²) in [7, 11) is 1.77. The normalized spacial score (nSPS) is 28.7. The summed E-state index contributed by atoms with van der Waals surface area (Å²) in [5.74, 6) is 0. The molecule has 0 amide bonds. The monoisotopic (exact) mass is 200 g/mol. The molecule has 0 saturated carbocycles. The quantitative estimate of drug-likeness (QED) is 0.734. The van der Waals surface area contributed by atoms with Crippen molar-refractivity contribution in [2.24, 2.45) is 5.41 Å². The lowest BCUT2D eigenvalue weighted by molar-refractivity contribution is 0.128. The van der Waals surface area contributed by atoms with E-state index < -0.39 is 0 Å². The Morgan fingerprint density at radius 2 is 2.21 bits per heavy atom. The van der Waals surface area contributed by atoms with Crippen LogP contribution in [0.1, 0.15) is 20.8 Å². The summed E-state index contributed by atoms with van der Waals surface area (Å²) in [5, 5.41) is 3.56. The van der Waals surface area contributed by atoms with Crippen molar-refractivity contribution in [3.8, 4) is 0 Å². The van der Waals surface area contributed by atoms with Crippen molar-refractivity contribution in [1.82, 2.24) is 10.2 Å². The molecule has 0 aromatic rings. The highest BCUT2D eigenvalue weighted by atomic mass is 16.5. The zero-order chi connectivity index (χ0) is 10.6. The predicted molar refractivity (Wildman–Crippen MR) is 59.6 cm³/mol. The van der Waals surface area contributed by atoms with E-state index in [2.05, 4.69) is 31.0 Å². The van der Waals surface area contributed by atoms with Gasteiger partial charge in [-0.1, -0.05) is 13.8 Å². The molecule has 1 aliphatic heterocycles. The highest BCUT2D eigenvalue weighted by molar-refractivity contribution is 4.83. The fourth-order valence-corrected chi connectivity index (χ4v) is 2.02. The first-order valence-electron chi connectivity index (χ1n) is 5.48. The molecule has 0 bridgehead atoms. The molecule has 1 saturated heterocycles. The molecule has 1 atom stereocenters. The number of ether oxygens (including phenoxy) is 1. The molecule has 3 heteroatoms.